The number of imidazole rings is 1. The Labute approximate surface area is 214 Å². The molecule has 0 unspecified atom stereocenters. The first-order valence-corrected chi connectivity index (χ1v) is 11.8. The largest absolute Gasteiger partial charge is 0.493 e. The van der Waals surface area contributed by atoms with E-state index in [-0.39, 0.29) is 10.8 Å². The molecule has 5 nitrogen and oxygen atoms in total. The number of hydrogen-bond donors (Lipinski definition) is 1. The third kappa shape index (κ3) is 5.22. The van der Waals surface area contributed by atoms with Crippen LogP contribution in [0.25, 0.3) is 5.69 Å². The number of rotatable bonds is 9. The molecule has 0 atom stereocenters. The minimum Gasteiger partial charge on any atom is -0.493 e. The fourth-order valence-electron chi connectivity index (χ4n) is 4.18. The molecule has 1 aromatic heterocycles. The second-order valence-electron chi connectivity index (χ2n) is 8.92. The summed E-state index contributed by atoms with van der Waals surface area (Å²) in [7, 11) is 3.21. The number of methoxy groups -OCH3 is 2. The van der Waals surface area contributed by atoms with Gasteiger partial charge in [0.25, 0.3) is 0 Å². The first kappa shape index (κ1) is 25.7. The van der Waals surface area contributed by atoms with E-state index in [0.717, 1.165) is 28.3 Å². The first-order valence-electron chi connectivity index (χ1n) is 11.4. The zero-order valence-corrected chi connectivity index (χ0v) is 21.4. The van der Waals surface area contributed by atoms with E-state index in [1.165, 1.54) is 24.3 Å². The first-order chi connectivity index (χ1) is 17.2. The number of halogens is 3. The van der Waals surface area contributed by atoms with Gasteiger partial charge in [-0.3, -0.25) is 4.57 Å². The van der Waals surface area contributed by atoms with E-state index < -0.39 is 11.2 Å². The quantitative estimate of drug-likeness (QED) is 0.281. The van der Waals surface area contributed by atoms with Crippen molar-refractivity contribution in [3.05, 3.63) is 106 Å². The van der Waals surface area contributed by atoms with Crippen LogP contribution in [0.15, 0.2) is 66.9 Å². The molecule has 0 spiro atoms. The van der Waals surface area contributed by atoms with Crippen LogP contribution < -0.4 is 14.8 Å². The Kier molecular flexibility index (Phi) is 7.62. The molecule has 8 heteroatoms. The van der Waals surface area contributed by atoms with Gasteiger partial charge in [0.15, 0.2) is 11.5 Å². The lowest BCUT2D eigenvalue weighted by molar-refractivity contribution is 0.353. The summed E-state index contributed by atoms with van der Waals surface area (Å²) in [6.45, 7) is 5.03. The summed E-state index contributed by atoms with van der Waals surface area (Å²) < 4.78 is 40.5. The highest BCUT2D eigenvalue weighted by atomic mass is 35.5. The van der Waals surface area contributed by atoms with Gasteiger partial charge in [0.1, 0.15) is 17.5 Å². The number of ether oxygens (including phenoxy) is 2. The van der Waals surface area contributed by atoms with Gasteiger partial charge in [0.05, 0.1) is 31.5 Å². The Hall–Kier alpha value is -3.42. The van der Waals surface area contributed by atoms with Crippen molar-refractivity contribution in [3.63, 3.8) is 0 Å². The Morgan fingerprint density at radius 1 is 0.917 bits per heavy atom. The van der Waals surface area contributed by atoms with Crippen LogP contribution in [0.4, 0.5) is 8.78 Å². The third-order valence-electron chi connectivity index (χ3n) is 6.26. The molecule has 1 N–H and O–H groups in total. The Bertz CT molecular complexity index is 1350. The fourth-order valence-corrected chi connectivity index (χ4v) is 4.29. The monoisotopic (exact) mass is 511 g/mol. The SMILES string of the molecule is COc1ccc(C(C)(C)c2cnc(CNCc3ccc(Cl)c(F)c3)n2-c2ccc(F)cc2)cc1OC. The van der Waals surface area contributed by atoms with Crippen molar-refractivity contribution < 1.29 is 18.3 Å². The lowest BCUT2D eigenvalue weighted by Gasteiger charge is -2.28. The molecule has 1 heterocycles. The van der Waals surface area contributed by atoms with E-state index in [9.17, 15) is 8.78 Å². The second-order valence-corrected chi connectivity index (χ2v) is 9.33. The molecule has 4 rings (SSSR count). The van der Waals surface area contributed by atoms with Crippen molar-refractivity contribution in [1.82, 2.24) is 14.9 Å². The molecule has 36 heavy (non-hydrogen) atoms. The molecule has 0 bridgehead atoms. The number of benzene rings is 3. The van der Waals surface area contributed by atoms with Crippen LogP contribution in [0.5, 0.6) is 11.5 Å². The van der Waals surface area contributed by atoms with E-state index in [0.29, 0.717) is 24.6 Å². The predicted molar refractivity (Wildman–Crippen MR) is 137 cm³/mol. The maximum Gasteiger partial charge on any atom is 0.161 e. The molecule has 0 aliphatic carbocycles. The van der Waals surface area contributed by atoms with Crippen molar-refractivity contribution >= 4 is 11.6 Å². The average molecular weight is 512 g/mol. The summed E-state index contributed by atoms with van der Waals surface area (Å²) in [4.78, 5) is 4.70. The van der Waals surface area contributed by atoms with E-state index in [1.54, 1.807) is 32.4 Å². The molecule has 0 aliphatic rings. The maximum absolute atomic E-state index is 13.8. The lowest BCUT2D eigenvalue weighted by Crippen LogP contribution is -2.25. The summed E-state index contributed by atoms with van der Waals surface area (Å²) in [6, 6.07) is 16.9. The second kappa shape index (κ2) is 10.7. The van der Waals surface area contributed by atoms with E-state index in [1.807, 2.05) is 29.0 Å². The van der Waals surface area contributed by atoms with Crippen LogP contribution in [0.1, 0.15) is 36.5 Å². The number of hydrogen-bond acceptors (Lipinski definition) is 4. The van der Waals surface area contributed by atoms with Crippen molar-refractivity contribution in [1.29, 1.82) is 0 Å². The highest BCUT2D eigenvalue weighted by molar-refractivity contribution is 6.30. The Balaban J connectivity index is 1.70. The summed E-state index contributed by atoms with van der Waals surface area (Å²) in [5.74, 6) is 1.24. The molecule has 0 fully saturated rings. The fraction of sp³-hybridized carbons (Fsp3) is 0.250. The summed E-state index contributed by atoms with van der Waals surface area (Å²) in [5, 5.41) is 3.41. The van der Waals surface area contributed by atoms with Gasteiger partial charge in [0.2, 0.25) is 0 Å². The molecular formula is C28H28ClF2N3O2. The number of nitrogens with one attached hydrogen (secondary N) is 1. The highest BCUT2D eigenvalue weighted by Crippen LogP contribution is 2.38. The normalized spacial score (nSPS) is 11.5. The lowest BCUT2D eigenvalue weighted by atomic mass is 9.81. The predicted octanol–water partition coefficient (Wildman–Crippen LogP) is 6.44. The Morgan fingerprint density at radius 3 is 2.31 bits per heavy atom. The molecule has 0 saturated heterocycles. The topological polar surface area (TPSA) is 48.3 Å². The van der Waals surface area contributed by atoms with Crippen molar-refractivity contribution in [2.75, 3.05) is 14.2 Å². The van der Waals surface area contributed by atoms with Crippen molar-refractivity contribution in [2.45, 2.75) is 32.4 Å². The highest BCUT2D eigenvalue weighted by Gasteiger charge is 2.30. The summed E-state index contributed by atoms with van der Waals surface area (Å²) in [6.07, 6.45) is 1.83. The van der Waals surface area contributed by atoms with E-state index >= 15 is 0 Å². The minimum absolute atomic E-state index is 0.0904. The van der Waals surface area contributed by atoms with E-state index in [2.05, 4.69) is 19.2 Å². The van der Waals surface area contributed by atoms with Crippen molar-refractivity contribution in [3.8, 4) is 17.2 Å². The van der Waals surface area contributed by atoms with Crippen molar-refractivity contribution in [2.24, 2.45) is 0 Å². The van der Waals surface area contributed by atoms with E-state index in [4.69, 9.17) is 26.1 Å². The van der Waals surface area contributed by atoms with Crippen LogP contribution in [0, 0.1) is 11.6 Å². The number of aromatic nitrogens is 2. The average Bonchev–Trinajstić information content (AvgIpc) is 3.31. The van der Waals surface area contributed by atoms with Gasteiger partial charge in [-0.05, 0) is 59.7 Å². The minimum atomic E-state index is -0.488. The van der Waals surface area contributed by atoms with Gasteiger partial charge in [-0.15, -0.1) is 0 Å². The van der Waals surface area contributed by atoms with Crippen LogP contribution in [0.2, 0.25) is 5.02 Å². The van der Waals surface area contributed by atoms with Gasteiger partial charge in [-0.25, -0.2) is 13.8 Å². The number of nitrogens with zero attached hydrogens (tertiary/aromatic N) is 2. The van der Waals surface area contributed by atoms with Crippen LogP contribution in [-0.2, 0) is 18.5 Å². The zero-order chi connectivity index (χ0) is 25.9. The molecule has 4 aromatic rings. The molecule has 188 valence electrons. The van der Waals surface area contributed by atoms with Gasteiger partial charge < -0.3 is 14.8 Å². The summed E-state index contributed by atoms with van der Waals surface area (Å²) >= 11 is 5.79. The van der Waals surface area contributed by atoms with Crippen LogP contribution in [0.3, 0.4) is 0 Å². The third-order valence-corrected chi connectivity index (χ3v) is 6.57. The zero-order valence-electron chi connectivity index (χ0n) is 20.6. The molecule has 0 radical (unpaired) electrons. The standard InChI is InChI=1S/C28H28ClF2N3O2/c1-28(2,19-6-12-24(35-3)25(14-19)36-4)26-16-33-27(34(26)21-9-7-20(30)8-10-21)17-32-15-18-5-11-22(29)23(31)13-18/h5-14,16,32H,15,17H2,1-4H3. The smallest absolute Gasteiger partial charge is 0.161 e. The Morgan fingerprint density at radius 2 is 1.64 bits per heavy atom. The molecule has 3 aromatic carbocycles. The van der Waals surface area contributed by atoms with Gasteiger partial charge in [-0.2, -0.15) is 0 Å². The molecule has 0 saturated carbocycles. The summed E-state index contributed by atoms with van der Waals surface area (Å²) in [5.41, 5.74) is 2.98. The van der Waals surface area contributed by atoms with Gasteiger partial charge in [-0.1, -0.05) is 37.6 Å². The van der Waals surface area contributed by atoms with Gasteiger partial charge in [0, 0.05) is 23.8 Å². The molecule has 0 aliphatic heterocycles. The van der Waals surface area contributed by atoms with Crippen LogP contribution in [-0.4, -0.2) is 23.8 Å². The van der Waals surface area contributed by atoms with Gasteiger partial charge >= 0.3 is 0 Å². The molecule has 0 amide bonds. The molecular weight excluding hydrogens is 484 g/mol. The van der Waals surface area contributed by atoms with Crippen LogP contribution >= 0.6 is 11.6 Å². The maximum atomic E-state index is 13.8.